The number of amides is 1. The second-order valence-corrected chi connectivity index (χ2v) is 8.99. The third-order valence-corrected chi connectivity index (χ3v) is 6.90. The highest BCUT2D eigenvalue weighted by molar-refractivity contribution is 7.98. The van der Waals surface area contributed by atoms with Crippen LogP contribution in [0.5, 0.6) is 0 Å². The maximum atomic E-state index is 12.7. The zero-order chi connectivity index (χ0) is 20.8. The molecule has 0 spiro atoms. The number of rotatable bonds is 6. The van der Waals surface area contributed by atoms with E-state index in [1.807, 2.05) is 6.20 Å². The van der Waals surface area contributed by atoms with Crippen LogP contribution < -0.4 is 15.1 Å². The van der Waals surface area contributed by atoms with Crippen molar-refractivity contribution in [1.29, 1.82) is 0 Å². The topological polar surface area (TPSA) is 61.4 Å². The molecule has 2 aliphatic heterocycles. The molecular formula is C23H31N5OS. The van der Waals surface area contributed by atoms with Crippen molar-refractivity contribution < 1.29 is 4.79 Å². The van der Waals surface area contributed by atoms with Gasteiger partial charge in [-0.1, -0.05) is 12.1 Å². The van der Waals surface area contributed by atoms with Crippen molar-refractivity contribution in [2.75, 3.05) is 42.2 Å². The van der Waals surface area contributed by atoms with E-state index in [1.165, 1.54) is 24.2 Å². The van der Waals surface area contributed by atoms with Crippen molar-refractivity contribution in [3.63, 3.8) is 0 Å². The molecule has 1 aromatic carbocycles. The second-order valence-electron chi connectivity index (χ2n) is 8.11. The summed E-state index contributed by atoms with van der Waals surface area (Å²) in [5.74, 6) is 1.31. The van der Waals surface area contributed by atoms with Gasteiger partial charge in [0.1, 0.15) is 6.33 Å². The van der Waals surface area contributed by atoms with Crippen molar-refractivity contribution in [2.45, 2.75) is 43.5 Å². The maximum absolute atomic E-state index is 12.7. The number of hydrogen-bond acceptors (Lipinski definition) is 6. The van der Waals surface area contributed by atoms with Gasteiger partial charge < -0.3 is 15.1 Å². The Kier molecular flexibility index (Phi) is 7.10. The Morgan fingerprint density at radius 2 is 1.80 bits per heavy atom. The van der Waals surface area contributed by atoms with Crippen LogP contribution in [0.3, 0.4) is 0 Å². The zero-order valence-electron chi connectivity index (χ0n) is 17.7. The summed E-state index contributed by atoms with van der Waals surface area (Å²) >= 11 is 1.73. The Balaban J connectivity index is 1.31. The number of nitrogens with zero attached hydrogens (tertiary/aromatic N) is 4. The van der Waals surface area contributed by atoms with Gasteiger partial charge in [0.2, 0.25) is 5.91 Å². The monoisotopic (exact) mass is 425 g/mol. The molecule has 1 amide bonds. The van der Waals surface area contributed by atoms with Gasteiger partial charge in [0.05, 0.1) is 11.9 Å². The maximum Gasteiger partial charge on any atom is 0.223 e. The summed E-state index contributed by atoms with van der Waals surface area (Å²) in [6, 6.07) is 8.39. The van der Waals surface area contributed by atoms with Gasteiger partial charge in [0.25, 0.3) is 0 Å². The Bertz CT molecular complexity index is 830. The molecule has 0 radical (unpaired) electrons. The van der Waals surface area contributed by atoms with E-state index in [4.69, 9.17) is 0 Å². The quantitative estimate of drug-likeness (QED) is 0.712. The third-order valence-electron chi connectivity index (χ3n) is 6.16. The largest absolute Gasteiger partial charge is 0.367 e. The van der Waals surface area contributed by atoms with Crippen molar-refractivity contribution in [2.24, 2.45) is 5.92 Å². The van der Waals surface area contributed by atoms with E-state index >= 15 is 0 Å². The van der Waals surface area contributed by atoms with E-state index in [1.54, 1.807) is 18.1 Å². The fourth-order valence-corrected chi connectivity index (χ4v) is 4.76. The second kappa shape index (κ2) is 10.2. The van der Waals surface area contributed by atoms with Gasteiger partial charge in [-0.15, -0.1) is 11.8 Å². The molecule has 0 atom stereocenters. The van der Waals surface area contributed by atoms with Crippen LogP contribution in [0, 0.1) is 5.92 Å². The molecule has 6 nitrogen and oxygen atoms in total. The van der Waals surface area contributed by atoms with Crippen molar-refractivity contribution in [3.05, 3.63) is 42.4 Å². The smallest absolute Gasteiger partial charge is 0.223 e. The van der Waals surface area contributed by atoms with Gasteiger partial charge >= 0.3 is 0 Å². The molecule has 0 bridgehead atoms. The van der Waals surface area contributed by atoms with E-state index in [0.29, 0.717) is 6.54 Å². The minimum atomic E-state index is 0.0785. The first-order chi connectivity index (χ1) is 14.7. The number of carbonyl (C=O) groups excluding carboxylic acids is 1. The number of carbonyl (C=O) groups is 1. The van der Waals surface area contributed by atoms with Crippen LogP contribution in [0.15, 0.2) is 41.7 Å². The lowest BCUT2D eigenvalue weighted by atomic mass is 9.95. The molecule has 4 rings (SSSR count). The van der Waals surface area contributed by atoms with Crippen LogP contribution >= 0.6 is 11.8 Å². The van der Waals surface area contributed by atoms with Crippen LogP contribution in [0.4, 0.5) is 11.5 Å². The predicted molar refractivity (Wildman–Crippen MR) is 123 cm³/mol. The molecule has 0 aliphatic carbocycles. The normalized spacial score (nSPS) is 17.8. The fraction of sp³-hybridized carbons (Fsp3) is 0.522. The molecule has 2 fully saturated rings. The fourth-order valence-electron chi connectivity index (χ4n) is 4.35. The van der Waals surface area contributed by atoms with Crippen LogP contribution in [0.1, 0.15) is 37.7 Å². The molecule has 0 saturated carbocycles. The van der Waals surface area contributed by atoms with Gasteiger partial charge in [-0.25, -0.2) is 9.97 Å². The first kappa shape index (κ1) is 21.0. The van der Waals surface area contributed by atoms with E-state index in [9.17, 15) is 4.79 Å². The van der Waals surface area contributed by atoms with Gasteiger partial charge in [0.15, 0.2) is 5.82 Å². The number of thioether (sulfide) groups is 1. The third kappa shape index (κ3) is 5.06. The van der Waals surface area contributed by atoms with E-state index < -0.39 is 0 Å². The zero-order valence-corrected chi connectivity index (χ0v) is 18.5. The van der Waals surface area contributed by atoms with Crippen LogP contribution in [-0.2, 0) is 11.3 Å². The summed E-state index contributed by atoms with van der Waals surface area (Å²) in [5.41, 5.74) is 2.26. The summed E-state index contributed by atoms with van der Waals surface area (Å²) < 4.78 is 0. The number of nitrogens with one attached hydrogen (secondary N) is 1. The molecule has 7 heteroatoms. The summed E-state index contributed by atoms with van der Waals surface area (Å²) in [6.45, 7) is 4.48. The highest BCUT2D eigenvalue weighted by Crippen LogP contribution is 2.31. The van der Waals surface area contributed by atoms with Gasteiger partial charge in [-0.2, -0.15) is 0 Å². The number of benzene rings is 1. The van der Waals surface area contributed by atoms with Crippen LogP contribution in [-0.4, -0.2) is 48.3 Å². The minimum Gasteiger partial charge on any atom is -0.367 e. The predicted octanol–water partition coefficient (Wildman–Crippen LogP) is 3.72. The van der Waals surface area contributed by atoms with Crippen LogP contribution in [0.25, 0.3) is 0 Å². The van der Waals surface area contributed by atoms with E-state index in [2.05, 4.69) is 55.6 Å². The molecular weight excluding hydrogens is 394 g/mol. The SMILES string of the molecule is CSc1ccc(CNC(=O)C2CCN(c3cncnc3N3CCCCC3)CC2)cc1. The van der Waals surface area contributed by atoms with Gasteiger partial charge in [-0.3, -0.25) is 4.79 Å². The van der Waals surface area contributed by atoms with Gasteiger partial charge in [0, 0.05) is 43.5 Å². The van der Waals surface area contributed by atoms with Crippen molar-refractivity contribution in [1.82, 2.24) is 15.3 Å². The highest BCUT2D eigenvalue weighted by Gasteiger charge is 2.27. The van der Waals surface area contributed by atoms with Gasteiger partial charge in [-0.05, 0) is 56.1 Å². The number of hydrogen-bond donors (Lipinski definition) is 1. The Labute approximate surface area is 183 Å². The minimum absolute atomic E-state index is 0.0785. The molecule has 160 valence electrons. The lowest BCUT2D eigenvalue weighted by Crippen LogP contribution is -2.41. The Morgan fingerprint density at radius 3 is 2.50 bits per heavy atom. The molecule has 2 saturated heterocycles. The average molecular weight is 426 g/mol. The number of anilines is 2. The lowest BCUT2D eigenvalue weighted by Gasteiger charge is -2.36. The molecule has 2 aliphatic rings. The molecule has 0 unspecified atom stereocenters. The Morgan fingerprint density at radius 1 is 1.07 bits per heavy atom. The Hall–Kier alpha value is -2.28. The van der Waals surface area contributed by atoms with E-state index in [-0.39, 0.29) is 11.8 Å². The first-order valence-corrected chi connectivity index (χ1v) is 12.2. The summed E-state index contributed by atoms with van der Waals surface area (Å²) in [5, 5.41) is 3.13. The standard InChI is InChI=1S/C23H31N5OS/c1-30-20-7-5-18(6-8-20)15-25-23(29)19-9-13-27(14-10-19)21-16-24-17-26-22(21)28-11-3-2-4-12-28/h5-8,16-17,19H,2-4,9-15H2,1H3,(H,25,29). The van der Waals surface area contributed by atoms with Crippen molar-refractivity contribution >= 4 is 29.2 Å². The molecule has 1 aromatic heterocycles. The summed E-state index contributed by atoms with van der Waals surface area (Å²) in [4.78, 5) is 27.6. The molecule has 30 heavy (non-hydrogen) atoms. The number of aromatic nitrogens is 2. The number of piperidine rings is 2. The molecule has 3 heterocycles. The average Bonchev–Trinajstić information content (AvgIpc) is 2.83. The first-order valence-electron chi connectivity index (χ1n) is 10.9. The summed E-state index contributed by atoms with van der Waals surface area (Å²) in [6.07, 6.45) is 11.2. The lowest BCUT2D eigenvalue weighted by molar-refractivity contribution is -0.125. The molecule has 1 N–H and O–H groups in total. The van der Waals surface area contributed by atoms with E-state index in [0.717, 1.165) is 56.1 Å². The molecule has 2 aromatic rings. The summed E-state index contributed by atoms with van der Waals surface area (Å²) in [7, 11) is 0. The highest BCUT2D eigenvalue weighted by atomic mass is 32.2. The van der Waals surface area contributed by atoms with Crippen molar-refractivity contribution in [3.8, 4) is 0 Å². The van der Waals surface area contributed by atoms with Crippen LogP contribution in [0.2, 0.25) is 0 Å².